The summed E-state index contributed by atoms with van der Waals surface area (Å²) in [6, 6.07) is 14.5. The van der Waals surface area contributed by atoms with Gasteiger partial charge in [0, 0.05) is 19.2 Å². The number of hydrogen-bond donors (Lipinski definition) is 0. The highest BCUT2D eigenvalue weighted by Gasteiger charge is 2.33. The van der Waals surface area contributed by atoms with E-state index >= 15 is 0 Å². The number of fused-ring (bicyclic) bond motifs is 3. The van der Waals surface area contributed by atoms with Gasteiger partial charge in [0.25, 0.3) is 0 Å². The molecule has 0 saturated carbocycles. The van der Waals surface area contributed by atoms with E-state index in [1.807, 2.05) is 0 Å². The third-order valence-electron chi connectivity index (χ3n) is 5.48. The largest absolute Gasteiger partial charge is 0.491 e. The fourth-order valence-corrected chi connectivity index (χ4v) is 4.01. The first-order valence-electron chi connectivity index (χ1n) is 8.83. The normalized spacial score (nSPS) is 23.5. The molecule has 0 N–H and O–H groups in total. The molecule has 2 aliphatic rings. The van der Waals surface area contributed by atoms with Crippen molar-refractivity contribution in [2.24, 2.45) is 0 Å². The highest BCUT2D eigenvalue weighted by Crippen LogP contribution is 2.38. The summed E-state index contributed by atoms with van der Waals surface area (Å²) in [7, 11) is 3.95. The van der Waals surface area contributed by atoms with Crippen molar-refractivity contribution >= 4 is 16.3 Å². The van der Waals surface area contributed by atoms with E-state index < -0.39 is 0 Å². The number of nitrogens with zero attached hydrogens (tertiary/aromatic N) is 1. The van der Waals surface area contributed by atoms with E-state index in [4.69, 9.17) is 9.47 Å². The average molecular weight is 323 g/mol. The molecule has 2 heterocycles. The predicted octanol–water partition coefficient (Wildman–Crippen LogP) is 4.11. The molecule has 1 fully saturated rings. The molecule has 2 aromatic rings. The Morgan fingerprint density at radius 3 is 2.71 bits per heavy atom. The molecular formula is C21H25NO2. The topological polar surface area (TPSA) is 21.7 Å². The van der Waals surface area contributed by atoms with Crippen LogP contribution in [-0.4, -0.2) is 44.4 Å². The average Bonchev–Trinajstić information content (AvgIpc) is 2.82. The van der Waals surface area contributed by atoms with Gasteiger partial charge in [-0.15, -0.1) is 0 Å². The Morgan fingerprint density at radius 1 is 1.04 bits per heavy atom. The predicted molar refractivity (Wildman–Crippen MR) is 98.5 cm³/mol. The Labute approximate surface area is 143 Å². The van der Waals surface area contributed by atoms with Crippen LogP contribution in [0.1, 0.15) is 24.8 Å². The van der Waals surface area contributed by atoms with Crippen molar-refractivity contribution in [1.82, 2.24) is 4.90 Å². The van der Waals surface area contributed by atoms with Gasteiger partial charge in [-0.25, -0.2) is 0 Å². The zero-order chi connectivity index (χ0) is 16.5. The van der Waals surface area contributed by atoms with Crippen LogP contribution in [0.5, 0.6) is 5.75 Å². The van der Waals surface area contributed by atoms with Gasteiger partial charge in [0.2, 0.25) is 0 Å². The van der Waals surface area contributed by atoms with E-state index in [-0.39, 0.29) is 0 Å². The van der Waals surface area contributed by atoms with Gasteiger partial charge in [0.1, 0.15) is 12.4 Å². The van der Waals surface area contributed by atoms with E-state index in [0.29, 0.717) is 19.3 Å². The van der Waals surface area contributed by atoms with Crippen molar-refractivity contribution in [2.75, 3.05) is 27.4 Å². The number of benzene rings is 2. The van der Waals surface area contributed by atoms with Crippen molar-refractivity contribution in [1.29, 1.82) is 0 Å². The minimum atomic E-state index is 0.587. The minimum absolute atomic E-state index is 0.587. The maximum absolute atomic E-state index is 5.71. The Balaban J connectivity index is 1.58. The number of methoxy groups -OCH3 is 1. The summed E-state index contributed by atoms with van der Waals surface area (Å²) < 4.78 is 10.7. The molecule has 2 aliphatic heterocycles. The van der Waals surface area contributed by atoms with Crippen LogP contribution in [0.2, 0.25) is 0 Å². The Bertz CT molecular complexity index is 768. The molecule has 4 rings (SSSR count). The van der Waals surface area contributed by atoms with Gasteiger partial charge in [0.15, 0.2) is 0 Å². The third kappa shape index (κ3) is 2.94. The van der Waals surface area contributed by atoms with Gasteiger partial charge in [-0.2, -0.15) is 0 Å². The number of ether oxygens (including phenoxy) is 2. The molecule has 0 aliphatic carbocycles. The summed E-state index contributed by atoms with van der Waals surface area (Å²) in [5, 5.41) is 2.50. The quantitative estimate of drug-likeness (QED) is 0.773. The summed E-state index contributed by atoms with van der Waals surface area (Å²) in [5.41, 5.74) is 2.89. The van der Waals surface area contributed by atoms with Crippen molar-refractivity contribution in [3.8, 4) is 5.75 Å². The molecule has 24 heavy (non-hydrogen) atoms. The molecule has 3 nitrogen and oxygen atoms in total. The van der Waals surface area contributed by atoms with Crippen LogP contribution in [-0.2, 0) is 4.74 Å². The highest BCUT2D eigenvalue weighted by molar-refractivity contribution is 5.87. The first-order chi connectivity index (χ1) is 11.7. The Hall–Kier alpha value is -1.84. The lowest BCUT2D eigenvalue weighted by atomic mass is 9.93. The van der Waals surface area contributed by atoms with Crippen LogP contribution in [0.25, 0.3) is 16.3 Å². The van der Waals surface area contributed by atoms with E-state index in [2.05, 4.69) is 54.4 Å². The summed E-state index contributed by atoms with van der Waals surface area (Å²) in [4.78, 5) is 2.54. The lowest BCUT2D eigenvalue weighted by molar-refractivity contribution is 0.146. The molecule has 3 heteroatoms. The molecule has 0 amide bonds. The van der Waals surface area contributed by atoms with Crippen molar-refractivity contribution in [3.05, 3.63) is 48.0 Å². The zero-order valence-electron chi connectivity index (χ0n) is 14.5. The fraction of sp³-hybridized carbons (Fsp3) is 0.429. The van der Waals surface area contributed by atoms with E-state index in [0.717, 1.165) is 11.8 Å². The van der Waals surface area contributed by atoms with Gasteiger partial charge in [0.05, 0.1) is 6.61 Å². The first kappa shape index (κ1) is 15.7. The molecule has 2 aromatic carbocycles. The molecule has 2 atom stereocenters. The van der Waals surface area contributed by atoms with Gasteiger partial charge in [-0.3, -0.25) is 4.90 Å². The SMILES string of the molecule is COCCOc1ccc2cc(C3=CC4CCC(C3)N4C)ccc2c1. The molecule has 126 valence electrons. The summed E-state index contributed by atoms with van der Waals surface area (Å²) >= 11 is 0. The zero-order valence-corrected chi connectivity index (χ0v) is 14.5. The van der Waals surface area contributed by atoms with Crippen molar-refractivity contribution in [2.45, 2.75) is 31.3 Å². The van der Waals surface area contributed by atoms with Crippen LogP contribution >= 0.6 is 0 Å². The van der Waals surface area contributed by atoms with Crippen LogP contribution in [0.15, 0.2) is 42.5 Å². The second kappa shape index (κ2) is 6.58. The van der Waals surface area contributed by atoms with Crippen molar-refractivity contribution < 1.29 is 9.47 Å². The van der Waals surface area contributed by atoms with Gasteiger partial charge >= 0.3 is 0 Å². The number of rotatable bonds is 5. The standard InChI is InChI=1S/C21H25NO2/c1-22-19-6-7-20(22)13-18(12-19)16-3-4-17-14-21(24-10-9-23-2)8-5-15(17)11-16/h3-5,8,11-12,14,19-20H,6-7,9-10,13H2,1-2H3. The summed E-state index contributed by atoms with van der Waals surface area (Å²) in [6.45, 7) is 1.20. The molecule has 1 saturated heterocycles. The first-order valence-corrected chi connectivity index (χ1v) is 8.83. The van der Waals surface area contributed by atoms with Gasteiger partial charge in [-0.05, 0) is 66.4 Å². The second-order valence-electron chi connectivity index (χ2n) is 6.93. The third-order valence-corrected chi connectivity index (χ3v) is 5.48. The molecule has 0 spiro atoms. The van der Waals surface area contributed by atoms with E-state index in [1.54, 1.807) is 7.11 Å². The molecule has 0 aromatic heterocycles. The van der Waals surface area contributed by atoms with Crippen LogP contribution in [0.3, 0.4) is 0 Å². The van der Waals surface area contributed by atoms with Crippen LogP contribution in [0, 0.1) is 0 Å². The van der Waals surface area contributed by atoms with Gasteiger partial charge in [-0.1, -0.05) is 24.3 Å². The Kier molecular flexibility index (Phi) is 4.30. The van der Waals surface area contributed by atoms with Crippen LogP contribution < -0.4 is 4.74 Å². The van der Waals surface area contributed by atoms with Crippen molar-refractivity contribution in [3.63, 3.8) is 0 Å². The van der Waals surface area contributed by atoms with Crippen LogP contribution in [0.4, 0.5) is 0 Å². The minimum Gasteiger partial charge on any atom is -0.491 e. The lowest BCUT2D eigenvalue weighted by Gasteiger charge is -2.30. The van der Waals surface area contributed by atoms with E-state index in [1.165, 1.54) is 41.2 Å². The number of likely N-dealkylation sites (N-methyl/N-ethyl adjacent to an activating group) is 1. The van der Waals surface area contributed by atoms with E-state index in [9.17, 15) is 0 Å². The number of hydrogen-bond acceptors (Lipinski definition) is 3. The molecular weight excluding hydrogens is 298 g/mol. The Morgan fingerprint density at radius 2 is 1.88 bits per heavy atom. The maximum Gasteiger partial charge on any atom is 0.120 e. The lowest BCUT2D eigenvalue weighted by Crippen LogP contribution is -2.34. The monoisotopic (exact) mass is 323 g/mol. The summed E-state index contributed by atoms with van der Waals surface area (Å²) in [5.74, 6) is 0.906. The highest BCUT2D eigenvalue weighted by atomic mass is 16.5. The molecule has 0 radical (unpaired) electrons. The molecule has 2 bridgehead atoms. The maximum atomic E-state index is 5.71. The smallest absolute Gasteiger partial charge is 0.120 e. The summed E-state index contributed by atoms with van der Waals surface area (Å²) in [6.07, 6.45) is 6.29. The fourth-order valence-electron chi connectivity index (χ4n) is 4.01. The second-order valence-corrected chi connectivity index (χ2v) is 6.93. The molecule has 2 unspecified atom stereocenters. The van der Waals surface area contributed by atoms with Gasteiger partial charge < -0.3 is 9.47 Å².